The summed E-state index contributed by atoms with van der Waals surface area (Å²) >= 11 is 0. The first-order chi connectivity index (χ1) is 8.22. The lowest BCUT2D eigenvalue weighted by Crippen LogP contribution is -2.30. The highest BCUT2D eigenvalue weighted by Crippen LogP contribution is 2.28. The van der Waals surface area contributed by atoms with Crippen molar-refractivity contribution in [3.63, 3.8) is 0 Å². The van der Waals surface area contributed by atoms with E-state index < -0.39 is 0 Å². The Morgan fingerprint density at radius 3 is 2.76 bits per heavy atom. The average Bonchev–Trinajstić information content (AvgIpc) is 2.39. The third-order valence-corrected chi connectivity index (χ3v) is 3.33. The van der Waals surface area contributed by atoms with E-state index in [2.05, 4.69) is 11.5 Å². The maximum absolute atomic E-state index is 11.6. The topological polar surface area (TPSA) is 64.3 Å². The number of nitrogens with one attached hydrogen (secondary N) is 1. The number of carbonyl (C=O) groups excluding carboxylic acids is 1. The summed E-state index contributed by atoms with van der Waals surface area (Å²) in [6.45, 7) is 3.52. The second-order valence-electron chi connectivity index (χ2n) is 4.43. The third kappa shape index (κ3) is 2.65. The van der Waals surface area contributed by atoms with E-state index >= 15 is 0 Å². The SMILES string of the molecule is Cc1ccc(C2CCOCC2)cc1C(=O)NN. The summed E-state index contributed by atoms with van der Waals surface area (Å²) in [7, 11) is 0. The average molecular weight is 234 g/mol. The van der Waals surface area contributed by atoms with E-state index in [1.54, 1.807) is 0 Å². The Kier molecular flexibility index (Phi) is 3.76. The Balaban J connectivity index is 2.26. The van der Waals surface area contributed by atoms with Crippen LogP contribution >= 0.6 is 0 Å². The third-order valence-electron chi connectivity index (χ3n) is 3.33. The second-order valence-corrected chi connectivity index (χ2v) is 4.43. The van der Waals surface area contributed by atoms with Crippen LogP contribution in [0.2, 0.25) is 0 Å². The zero-order valence-electron chi connectivity index (χ0n) is 10.0. The van der Waals surface area contributed by atoms with Gasteiger partial charge in [-0.3, -0.25) is 10.2 Å². The van der Waals surface area contributed by atoms with E-state index in [0.29, 0.717) is 11.5 Å². The summed E-state index contributed by atoms with van der Waals surface area (Å²) in [5, 5.41) is 0. The molecular formula is C13H18N2O2. The summed E-state index contributed by atoms with van der Waals surface area (Å²) in [6, 6.07) is 6.03. The first-order valence-electron chi connectivity index (χ1n) is 5.91. The largest absolute Gasteiger partial charge is 0.381 e. The Morgan fingerprint density at radius 2 is 2.12 bits per heavy atom. The molecule has 0 unspecified atom stereocenters. The number of nitrogens with two attached hydrogens (primary N) is 1. The summed E-state index contributed by atoms with van der Waals surface area (Å²) in [6.07, 6.45) is 2.04. The summed E-state index contributed by atoms with van der Waals surface area (Å²) < 4.78 is 5.34. The Labute approximate surface area is 101 Å². The van der Waals surface area contributed by atoms with Crippen LogP contribution in [0.25, 0.3) is 0 Å². The molecule has 0 bridgehead atoms. The van der Waals surface area contributed by atoms with Crippen molar-refractivity contribution in [1.29, 1.82) is 0 Å². The Morgan fingerprint density at radius 1 is 1.41 bits per heavy atom. The van der Waals surface area contributed by atoms with Crippen molar-refractivity contribution < 1.29 is 9.53 Å². The normalized spacial score (nSPS) is 16.8. The number of carbonyl (C=O) groups is 1. The molecule has 4 nitrogen and oxygen atoms in total. The van der Waals surface area contributed by atoms with Crippen LogP contribution in [0, 0.1) is 6.92 Å². The summed E-state index contributed by atoms with van der Waals surface area (Å²) in [4.78, 5) is 11.6. The van der Waals surface area contributed by atoms with Crippen molar-refractivity contribution in [3.8, 4) is 0 Å². The highest BCUT2D eigenvalue weighted by molar-refractivity contribution is 5.95. The number of amides is 1. The van der Waals surface area contributed by atoms with Crippen LogP contribution in [0.5, 0.6) is 0 Å². The molecule has 2 rings (SSSR count). The highest BCUT2D eigenvalue weighted by atomic mass is 16.5. The Hall–Kier alpha value is -1.39. The van der Waals surface area contributed by atoms with Crippen LogP contribution in [0.1, 0.15) is 40.2 Å². The lowest BCUT2D eigenvalue weighted by molar-refractivity contribution is 0.0853. The van der Waals surface area contributed by atoms with Crippen LogP contribution < -0.4 is 11.3 Å². The minimum absolute atomic E-state index is 0.226. The standard InChI is InChI=1S/C13H18N2O2/c1-9-2-3-11(8-12(9)13(16)15-14)10-4-6-17-7-5-10/h2-3,8,10H,4-7,14H2,1H3,(H,15,16). The van der Waals surface area contributed by atoms with Gasteiger partial charge in [-0.1, -0.05) is 12.1 Å². The van der Waals surface area contributed by atoms with E-state index in [4.69, 9.17) is 10.6 Å². The number of rotatable bonds is 2. The Bertz CT molecular complexity index is 412. The van der Waals surface area contributed by atoms with Gasteiger partial charge in [-0.2, -0.15) is 0 Å². The zero-order chi connectivity index (χ0) is 12.3. The molecule has 0 aliphatic carbocycles. The van der Waals surface area contributed by atoms with Crippen molar-refractivity contribution in [2.75, 3.05) is 13.2 Å². The van der Waals surface area contributed by atoms with Gasteiger partial charge in [-0.05, 0) is 42.9 Å². The number of hydrogen-bond acceptors (Lipinski definition) is 3. The molecule has 0 aromatic heterocycles. The molecule has 0 saturated carbocycles. The second kappa shape index (κ2) is 5.29. The smallest absolute Gasteiger partial charge is 0.265 e. The van der Waals surface area contributed by atoms with Crippen LogP contribution in [0.4, 0.5) is 0 Å². The monoisotopic (exact) mass is 234 g/mol. The molecule has 1 aliphatic rings. The van der Waals surface area contributed by atoms with Gasteiger partial charge in [0.2, 0.25) is 0 Å². The van der Waals surface area contributed by atoms with Crippen LogP contribution in [-0.4, -0.2) is 19.1 Å². The number of hydrazine groups is 1. The number of benzene rings is 1. The highest BCUT2D eigenvalue weighted by Gasteiger charge is 2.18. The molecule has 1 heterocycles. The van der Waals surface area contributed by atoms with Gasteiger partial charge < -0.3 is 4.74 Å². The lowest BCUT2D eigenvalue weighted by Gasteiger charge is -2.23. The fourth-order valence-corrected chi connectivity index (χ4v) is 2.25. The van der Waals surface area contributed by atoms with Gasteiger partial charge in [0.25, 0.3) is 5.91 Å². The van der Waals surface area contributed by atoms with Gasteiger partial charge >= 0.3 is 0 Å². The van der Waals surface area contributed by atoms with Crippen molar-refractivity contribution in [1.82, 2.24) is 5.43 Å². The van der Waals surface area contributed by atoms with Crippen molar-refractivity contribution in [2.24, 2.45) is 5.84 Å². The molecule has 17 heavy (non-hydrogen) atoms. The molecule has 1 fully saturated rings. The molecule has 3 N–H and O–H groups in total. The maximum Gasteiger partial charge on any atom is 0.265 e. The van der Waals surface area contributed by atoms with Gasteiger partial charge in [0.05, 0.1) is 0 Å². The number of hydrogen-bond donors (Lipinski definition) is 2. The van der Waals surface area contributed by atoms with E-state index in [-0.39, 0.29) is 5.91 Å². The van der Waals surface area contributed by atoms with E-state index in [9.17, 15) is 4.79 Å². The van der Waals surface area contributed by atoms with Gasteiger partial charge in [-0.25, -0.2) is 5.84 Å². The van der Waals surface area contributed by atoms with Crippen LogP contribution in [-0.2, 0) is 4.74 Å². The molecule has 0 radical (unpaired) electrons. The molecule has 0 spiro atoms. The number of ether oxygens (including phenoxy) is 1. The first kappa shape index (κ1) is 12.1. The lowest BCUT2D eigenvalue weighted by atomic mass is 9.89. The van der Waals surface area contributed by atoms with Crippen LogP contribution in [0.15, 0.2) is 18.2 Å². The molecule has 4 heteroatoms. The van der Waals surface area contributed by atoms with E-state index in [1.165, 1.54) is 5.56 Å². The minimum atomic E-state index is -0.226. The quantitative estimate of drug-likeness (QED) is 0.463. The minimum Gasteiger partial charge on any atom is -0.381 e. The van der Waals surface area contributed by atoms with Crippen LogP contribution in [0.3, 0.4) is 0 Å². The van der Waals surface area contributed by atoms with Gasteiger partial charge in [0.1, 0.15) is 0 Å². The molecule has 1 amide bonds. The first-order valence-corrected chi connectivity index (χ1v) is 5.91. The molecule has 92 valence electrons. The summed E-state index contributed by atoms with van der Waals surface area (Å²) in [5.74, 6) is 5.45. The van der Waals surface area contributed by atoms with Crippen molar-refractivity contribution in [2.45, 2.75) is 25.7 Å². The predicted octanol–water partition coefficient (Wildman–Crippen LogP) is 1.49. The molecule has 1 aromatic carbocycles. The summed E-state index contributed by atoms with van der Waals surface area (Å²) in [5.41, 5.74) is 5.01. The van der Waals surface area contributed by atoms with E-state index in [0.717, 1.165) is 31.6 Å². The van der Waals surface area contributed by atoms with Crippen molar-refractivity contribution >= 4 is 5.91 Å². The zero-order valence-corrected chi connectivity index (χ0v) is 10.0. The molecule has 0 atom stereocenters. The van der Waals surface area contributed by atoms with Gasteiger partial charge in [0, 0.05) is 18.8 Å². The van der Waals surface area contributed by atoms with Gasteiger partial charge in [-0.15, -0.1) is 0 Å². The fourth-order valence-electron chi connectivity index (χ4n) is 2.25. The molecular weight excluding hydrogens is 216 g/mol. The number of nitrogen functional groups attached to an aromatic ring is 1. The molecule has 1 aliphatic heterocycles. The van der Waals surface area contributed by atoms with Crippen molar-refractivity contribution in [3.05, 3.63) is 34.9 Å². The predicted molar refractivity (Wildman–Crippen MR) is 65.6 cm³/mol. The maximum atomic E-state index is 11.6. The molecule has 1 aromatic rings. The number of aryl methyl sites for hydroxylation is 1. The molecule has 1 saturated heterocycles. The van der Waals surface area contributed by atoms with Gasteiger partial charge in [0.15, 0.2) is 0 Å². The van der Waals surface area contributed by atoms with E-state index in [1.807, 2.05) is 19.1 Å². The fraction of sp³-hybridized carbons (Fsp3) is 0.462.